The molecule has 0 radical (unpaired) electrons. The molecule has 0 saturated carbocycles. The van der Waals surface area contributed by atoms with E-state index < -0.39 is 0 Å². The zero-order valence-corrected chi connectivity index (χ0v) is 11.6. The Morgan fingerprint density at radius 2 is 2.30 bits per heavy atom. The monoisotopic (exact) mass is 273 g/mol. The van der Waals surface area contributed by atoms with Gasteiger partial charge in [0.25, 0.3) is 0 Å². The Morgan fingerprint density at radius 1 is 1.35 bits per heavy atom. The first-order valence-electron chi connectivity index (χ1n) is 7.30. The fraction of sp³-hybridized carbons (Fsp3) is 0.438. The zero-order valence-electron chi connectivity index (χ0n) is 11.6. The molecule has 3 nitrogen and oxygen atoms in total. The first-order chi connectivity index (χ1) is 9.83. The first-order valence-corrected chi connectivity index (χ1v) is 7.30. The van der Waals surface area contributed by atoms with Crippen molar-refractivity contribution in [3.05, 3.63) is 53.6 Å². The molecule has 1 fully saturated rings. The average Bonchev–Trinajstić information content (AvgIpc) is 2.99. The van der Waals surface area contributed by atoms with Crippen molar-refractivity contribution in [2.45, 2.75) is 31.7 Å². The molecule has 0 spiro atoms. The van der Waals surface area contributed by atoms with Crippen LogP contribution >= 0.6 is 0 Å². The number of aromatic nitrogens is 2. The van der Waals surface area contributed by atoms with Crippen LogP contribution in [-0.4, -0.2) is 28.2 Å². The van der Waals surface area contributed by atoms with E-state index in [0.717, 1.165) is 31.5 Å². The summed E-state index contributed by atoms with van der Waals surface area (Å²) in [6, 6.07) is 7.41. The fourth-order valence-corrected chi connectivity index (χ4v) is 3.04. The van der Waals surface area contributed by atoms with Gasteiger partial charge in [-0.3, -0.25) is 10.00 Å². The summed E-state index contributed by atoms with van der Waals surface area (Å²) in [4.78, 5) is 2.48. The van der Waals surface area contributed by atoms with Crippen molar-refractivity contribution >= 4 is 0 Å². The summed E-state index contributed by atoms with van der Waals surface area (Å²) < 4.78 is 13.4. The molecule has 4 heteroatoms. The van der Waals surface area contributed by atoms with Crippen molar-refractivity contribution in [3.8, 4) is 0 Å². The van der Waals surface area contributed by atoms with Gasteiger partial charge in [0.2, 0.25) is 0 Å². The Kier molecular flexibility index (Phi) is 4.11. The van der Waals surface area contributed by atoms with Crippen LogP contribution in [0.1, 0.15) is 36.4 Å². The molecule has 0 aliphatic carbocycles. The number of rotatable bonds is 4. The third-order valence-electron chi connectivity index (χ3n) is 4.09. The zero-order chi connectivity index (χ0) is 13.8. The number of aromatic amines is 1. The summed E-state index contributed by atoms with van der Waals surface area (Å²) in [6.45, 7) is 2.10. The van der Waals surface area contributed by atoms with Crippen molar-refractivity contribution in [1.29, 1.82) is 0 Å². The van der Waals surface area contributed by atoms with E-state index in [0.29, 0.717) is 6.04 Å². The van der Waals surface area contributed by atoms with E-state index in [1.807, 2.05) is 24.5 Å². The second-order valence-electron chi connectivity index (χ2n) is 5.46. The van der Waals surface area contributed by atoms with Crippen LogP contribution in [0.4, 0.5) is 4.39 Å². The largest absolute Gasteiger partial charge is 0.296 e. The van der Waals surface area contributed by atoms with Gasteiger partial charge in [0.1, 0.15) is 5.82 Å². The summed E-state index contributed by atoms with van der Waals surface area (Å²) in [5.41, 5.74) is 2.34. The standard InChI is InChI=1S/C16H20FN3/c17-15-5-3-4-14(10-15)16-6-1-2-8-20(16)9-7-13-11-18-19-12-13/h3-5,10-12,16H,1-2,6-9H2,(H,18,19)/t16-/m0/s1. The lowest BCUT2D eigenvalue weighted by atomic mass is 9.95. The van der Waals surface area contributed by atoms with Gasteiger partial charge < -0.3 is 0 Å². The fourth-order valence-electron chi connectivity index (χ4n) is 3.04. The van der Waals surface area contributed by atoms with Crippen molar-refractivity contribution in [2.24, 2.45) is 0 Å². The van der Waals surface area contributed by atoms with Gasteiger partial charge in [-0.05, 0) is 49.1 Å². The minimum Gasteiger partial charge on any atom is -0.296 e. The summed E-state index contributed by atoms with van der Waals surface area (Å²) in [6.07, 6.45) is 8.39. The summed E-state index contributed by atoms with van der Waals surface area (Å²) >= 11 is 0. The van der Waals surface area contributed by atoms with E-state index in [4.69, 9.17) is 0 Å². The van der Waals surface area contributed by atoms with Crippen LogP contribution in [-0.2, 0) is 6.42 Å². The Labute approximate surface area is 118 Å². The number of hydrogen-bond donors (Lipinski definition) is 1. The van der Waals surface area contributed by atoms with Crippen LogP contribution in [0, 0.1) is 5.82 Å². The van der Waals surface area contributed by atoms with E-state index in [2.05, 4.69) is 15.1 Å². The SMILES string of the molecule is Fc1cccc([C@@H]2CCCCN2CCc2cn[nH]c2)c1. The smallest absolute Gasteiger partial charge is 0.123 e. The maximum absolute atomic E-state index is 13.4. The highest BCUT2D eigenvalue weighted by Crippen LogP contribution is 2.31. The molecule has 1 aliphatic heterocycles. The van der Waals surface area contributed by atoms with E-state index in [-0.39, 0.29) is 5.82 Å². The highest BCUT2D eigenvalue weighted by molar-refractivity contribution is 5.21. The number of benzene rings is 1. The highest BCUT2D eigenvalue weighted by atomic mass is 19.1. The van der Waals surface area contributed by atoms with E-state index >= 15 is 0 Å². The topological polar surface area (TPSA) is 31.9 Å². The number of halogens is 1. The number of nitrogens with one attached hydrogen (secondary N) is 1. The first kappa shape index (κ1) is 13.3. The van der Waals surface area contributed by atoms with Gasteiger partial charge >= 0.3 is 0 Å². The van der Waals surface area contributed by atoms with E-state index in [1.165, 1.54) is 24.5 Å². The third kappa shape index (κ3) is 3.07. The Balaban J connectivity index is 1.70. The number of likely N-dealkylation sites (tertiary alicyclic amines) is 1. The second-order valence-corrected chi connectivity index (χ2v) is 5.46. The molecule has 2 aromatic rings. The maximum Gasteiger partial charge on any atom is 0.123 e. The van der Waals surface area contributed by atoms with Crippen molar-refractivity contribution in [3.63, 3.8) is 0 Å². The molecule has 0 unspecified atom stereocenters. The quantitative estimate of drug-likeness (QED) is 0.926. The van der Waals surface area contributed by atoms with Gasteiger partial charge in [-0.1, -0.05) is 18.6 Å². The van der Waals surface area contributed by atoms with Crippen LogP contribution in [0.15, 0.2) is 36.7 Å². The summed E-state index contributed by atoms with van der Waals surface area (Å²) in [7, 11) is 0. The van der Waals surface area contributed by atoms with Gasteiger partial charge in [-0.2, -0.15) is 5.10 Å². The molecule has 0 amide bonds. The van der Waals surface area contributed by atoms with Gasteiger partial charge in [-0.15, -0.1) is 0 Å². The highest BCUT2D eigenvalue weighted by Gasteiger charge is 2.23. The number of hydrogen-bond acceptors (Lipinski definition) is 2. The van der Waals surface area contributed by atoms with Crippen molar-refractivity contribution in [1.82, 2.24) is 15.1 Å². The summed E-state index contributed by atoms with van der Waals surface area (Å²) in [5, 5.41) is 6.83. The molecular formula is C16H20FN3. The van der Waals surface area contributed by atoms with Crippen molar-refractivity contribution < 1.29 is 4.39 Å². The minimum absolute atomic E-state index is 0.136. The second kappa shape index (κ2) is 6.18. The van der Waals surface area contributed by atoms with Gasteiger partial charge in [0.05, 0.1) is 6.20 Å². The third-order valence-corrected chi connectivity index (χ3v) is 4.09. The average molecular weight is 273 g/mol. The van der Waals surface area contributed by atoms with Crippen LogP contribution in [0.5, 0.6) is 0 Å². The molecular weight excluding hydrogens is 253 g/mol. The molecule has 1 saturated heterocycles. The van der Waals surface area contributed by atoms with E-state index in [9.17, 15) is 4.39 Å². The molecule has 0 bridgehead atoms. The number of piperidine rings is 1. The lowest BCUT2D eigenvalue weighted by molar-refractivity contribution is 0.150. The van der Waals surface area contributed by atoms with Crippen LogP contribution in [0.2, 0.25) is 0 Å². The van der Waals surface area contributed by atoms with E-state index in [1.54, 1.807) is 6.07 Å². The normalized spacial score (nSPS) is 20.1. The predicted molar refractivity (Wildman–Crippen MR) is 76.9 cm³/mol. The van der Waals surface area contributed by atoms with Gasteiger partial charge in [-0.25, -0.2) is 4.39 Å². The molecule has 1 N–H and O–H groups in total. The molecule has 2 heterocycles. The maximum atomic E-state index is 13.4. The number of nitrogens with zero attached hydrogens (tertiary/aromatic N) is 2. The minimum atomic E-state index is -0.136. The Bertz CT molecular complexity index is 538. The molecule has 106 valence electrons. The van der Waals surface area contributed by atoms with Crippen LogP contribution in [0.25, 0.3) is 0 Å². The van der Waals surface area contributed by atoms with Crippen LogP contribution < -0.4 is 0 Å². The Morgan fingerprint density at radius 3 is 3.10 bits per heavy atom. The molecule has 1 atom stereocenters. The summed E-state index contributed by atoms with van der Waals surface area (Å²) in [5.74, 6) is -0.136. The molecule has 1 aliphatic rings. The predicted octanol–water partition coefficient (Wildman–Crippen LogP) is 3.32. The number of H-pyrrole nitrogens is 1. The molecule has 1 aromatic carbocycles. The lowest BCUT2D eigenvalue weighted by Gasteiger charge is -2.36. The van der Waals surface area contributed by atoms with Crippen molar-refractivity contribution in [2.75, 3.05) is 13.1 Å². The van der Waals surface area contributed by atoms with Gasteiger partial charge in [0.15, 0.2) is 0 Å². The molecule has 1 aromatic heterocycles. The van der Waals surface area contributed by atoms with Gasteiger partial charge in [0, 0.05) is 18.8 Å². The van der Waals surface area contributed by atoms with Crippen LogP contribution in [0.3, 0.4) is 0 Å². The molecule has 3 rings (SSSR count). The molecule has 20 heavy (non-hydrogen) atoms. The Hall–Kier alpha value is -1.68. The lowest BCUT2D eigenvalue weighted by Crippen LogP contribution is -2.35.